The molecule has 1 rings (SSSR count). The molecule has 88 valence electrons. The average Bonchev–Trinajstić information content (AvgIpc) is 2.29. The van der Waals surface area contributed by atoms with Crippen LogP contribution < -0.4 is 0 Å². The number of carbonyl (C=O) groups is 1. The van der Waals surface area contributed by atoms with Gasteiger partial charge in [-0.05, 0) is 12.5 Å². The summed E-state index contributed by atoms with van der Waals surface area (Å²) in [4.78, 5) is 12.8. The van der Waals surface area contributed by atoms with Crippen molar-refractivity contribution in [1.82, 2.24) is 4.90 Å². The lowest BCUT2D eigenvalue weighted by molar-refractivity contribution is -0.142. The van der Waals surface area contributed by atoms with E-state index >= 15 is 0 Å². The highest BCUT2D eigenvalue weighted by Crippen LogP contribution is 2.08. The van der Waals surface area contributed by atoms with Crippen molar-refractivity contribution < 1.29 is 9.90 Å². The molecule has 3 nitrogen and oxygen atoms in total. The molecular weight excluding hydrogens is 226 g/mol. The predicted octanol–water partition coefficient (Wildman–Crippen LogP) is 2.20. The first-order valence-electron chi connectivity index (χ1n) is 5.22. The van der Waals surface area contributed by atoms with Crippen LogP contribution in [0.25, 0.3) is 0 Å². The van der Waals surface area contributed by atoms with Crippen LogP contribution in [-0.2, 0) is 11.3 Å². The van der Waals surface area contributed by atoms with E-state index in [0.29, 0.717) is 19.0 Å². The zero-order chi connectivity index (χ0) is 12.0. The quantitative estimate of drug-likeness (QED) is 0.777. The van der Waals surface area contributed by atoms with Gasteiger partial charge in [0, 0.05) is 19.0 Å². The van der Waals surface area contributed by atoms with Crippen LogP contribution in [0.2, 0.25) is 0 Å². The Morgan fingerprint density at radius 1 is 1.44 bits per heavy atom. The van der Waals surface area contributed by atoms with E-state index in [2.05, 4.69) is 0 Å². The molecule has 0 aliphatic heterocycles. The number of nitrogens with zero attached hydrogens (tertiary/aromatic N) is 1. The molecule has 0 heterocycles. The predicted molar refractivity (Wildman–Crippen MR) is 64.7 cm³/mol. The number of carboxylic acids is 1. The van der Waals surface area contributed by atoms with Gasteiger partial charge in [-0.2, -0.15) is 0 Å². The summed E-state index contributed by atoms with van der Waals surface area (Å²) < 4.78 is 0. The lowest BCUT2D eigenvalue weighted by atomic mass is 10.2. The van der Waals surface area contributed by atoms with Crippen LogP contribution in [0, 0.1) is 0 Å². The van der Waals surface area contributed by atoms with Crippen molar-refractivity contribution in [3.05, 3.63) is 35.9 Å². The normalized spacial score (nSPS) is 12.7. The number of alkyl halides is 1. The van der Waals surface area contributed by atoms with Gasteiger partial charge in [-0.3, -0.25) is 9.69 Å². The van der Waals surface area contributed by atoms with E-state index in [4.69, 9.17) is 16.7 Å². The first-order valence-corrected chi connectivity index (χ1v) is 5.75. The van der Waals surface area contributed by atoms with Gasteiger partial charge in [-0.1, -0.05) is 30.3 Å². The molecule has 0 aromatic heterocycles. The Morgan fingerprint density at radius 2 is 2.06 bits per heavy atom. The van der Waals surface area contributed by atoms with E-state index in [0.717, 1.165) is 5.56 Å². The van der Waals surface area contributed by atoms with Crippen LogP contribution in [0.5, 0.6) is 0 Å². The fourth-order valence-corrected chi connectivity index (χ4v) is 1.71. The molecule has 1 N–H and O–H groups in total. The standard InChI is InChI=1S/C12H16ClNO2/c1-10(12(15)16)14(8-7-13)9-11-5-3-2-4-6-11/h2-6,10H,7-9H2,1H3,(H,15,16)/t10-/m0/s1. The summed E-state index contributed by atoms with van der Waals surface area (Å²) in [6.07, 6.45) is 0. The van der Waals surface area contributed by atoms with Crippen LogP contribution in [0.3, 0.4) is 0 Å². The van der Waals surface area contributed by atoms with E-state index in [-0.39, 0.29) is 0 Å². The maximum atomic E-state index is 10.9. The van der Waals surface area contributed by atoms with Crippen molar-refractivity contribution >= 4 is 17.6 Å². The van der Waals surface area contributed by atoms with Crippen molar-refractivity contribution in [1.29, 1.82) is 0 Å². The van der Waals surface area contributed by atoms with E-state index in [1.165, 1.54) is 0 Å². The first kappa shape index (κ1) is 13.0. The fourth-order valence-electron chi connectivity index (χ4n) is 1.49. The third-order valence-corrected chi connectivity index (χ3v) is 2.67. The summed E-state index contributed by atoms with van der Waals surface area (Å²) in [5.74, 6) is -0.384. The van der Waals surface area contributed by atoms with E-state index in [1.54, 1.807) is 6.92 Å². The van der Waals surface area contributed by atoms with Crippen LogP contribution >= 0.6 is 11.6 Å². The Hall–Kier alpha value is -1.06. The van der Waals surface area contributed by atoms with Crippen LogP contribution in [0.1, 0.15) is 12.5 Å². The molecule has 0 aliphatic rings. The van der Waals surface area contributed by atoms with Crippen LogP contribution in [-0.4, -0.2) is 34.4 Å². The van der Waals surface area contributed by atoms with Gasteiger partial charge in [0.15, 0.2) is 0 Å². The van der Waals surface area contributed by atoms with E-state index < -0.39 is 12.0 Å². The second-order valence-electron chi connectivity index (χ2n) is 3.66. The van der Waals surface area contributed by atoms with Crippen LogP contribution in [0.15, 0.2) is 30.3 Å². The number of hydrogen-bond acceptors (Lipinski definition) is 2. The molecule has 0 amide bonds. The molecule has 0 saturated carbocycles. The maximum Gasteiger partial charge on any atom is 0.320 e. The Balaban J connectivity index is 2.68. The summed E-state index contributed by atoms with van der Waals surface area (Å²) >= 11 is 5.68. The SMILES string of the molecule is C[C@@H](C(=O)O)N(CCCl)Cc1ccccc1. The number of carboxylic acid groups (broad SMARTS) is 1. The third-order valence-electron chi connectivity index (χ3n) is 2.51. The summed E-state index contributed by atoms with van der Waals surface area (Å²) in [5.41, 5.74) is 1.10. The van der Waals surface area contributed by atoms with Gasteiger partial charge in [-0.25, -0.2) is 0 Å². The Morgan fingerprint density at radius 3 is 2.56 bits per heavy atom. The number of benzene rings is 1. The zero-order valence-electron chi connectivity index (χ0n) is 9.27. The summed E-state index contributed by atoms with van der Waals surface area (Å²) in [6, 6.07) is 9.28. The highest BCUT2D eigenvalue weighted by atomic mass is 35.5. The Bertz CT molecular complexity index is 329. The molecular formula is C12H16ClNO2. The molecule has 1 aromatic carbocycles. The van der Waals surface area contributed by atoms with E-state index in [1.807, 2.05) is 35.2 Å². The molecule has 0 spiro atoms. The van der Waals surface area contributed by atoms with Gasteiger partial charge >= 0.3 is 5.97 Å². The van der Waals surface area contributed by atoms with Crippen molar-refractivity contribution in [2.24, 2.45) is 0 Å². The minimum atomic E-state index is -0.818. The average molecular weight is 242 g/mol. The van der Waals surface area contributed by atoms with E-state index in [9.17, 15) is 4.79 Å². The van der Waals surface area contributed by atoms with Gasteiger partial charge in [0.2, 0.25) is 0 Å². The van der Waals surface area contributed by atoms with Crippen molar-refractivity contribution in [3.8, 4) is 0 Å². The molecule has 0 unspecified atom stereocenters. The largest absolute Gasteiger partial charge is 0.480 e. The van der Waals surface area contributed by atoms with Gasteiger partial charge < -0.3 is 5.11 Å². The summed E-state index contributed by atoms with van der Waals surface area (Å²) in [6.45, 7) is 2.86. The summed E-state index contributed by atoms with van der Waals surface area (Å²) in [7, 11) is 0. The van der Waals surface area contributed by atoms with Crippen LogP contribution in [0.4, 0.5) is 0 Å². The van der Waals surface area contributed by atoms with Gasteiger partial charge in [0.05, 0.1) is 0 Å². The van der Waals surface area contributed by atoms with Crippen molar-refractivity contribution in [2.75, 3.05) is 12.4 Å². The lowest BCUT2D eigenvalue weighted by Gasteiger charge is -2.25. The molecule has 0 bridgehead atoms. The second kappa shape index (κ2) is 6.51. The fraction of sp³-hybridized carbons (Fsp3) is 0.417. The maximum absolute atomic E-state index is 10.9. The highest BCUT2D eigenvalue weighted by molar-refractivity contribution is 6.18. The number of aliphatic carboxylic acids is 1. The first-order chi connectivity index (χ1) is 7.65. The topological polar surface area (TPSA) is 40.5 Å². The molecule has 0 radical (unpaired) electrons. The molecule has 1 atom stereocenters. The Labute approximate surface area is 101 Å². The minimum absolute atomic E-state index is 0.435. The zero-order valence-corrected chi connectivity index (χ0v) is 10.0. The number of hydrogen-bond donors (Lipinski definition) is 1. The summed E-state index contributed by atoms with van der Waals surface area (Å²) in [5, 5.41) is 8.97. The molecule has 0 saturated heterocycles. The monoisotopic (exact) mass is 241 g/mol. The van der Waals surface area contributed by atoms with Crippen molar-refractivity contribution in [3.63, 3.8) is 0 Å². The molecule has 0 fully saturated rings. The van der Waals surface area contributed by atoms with Gasteiger partial charge in [0.25, 0.3) is 0 Å². The highest BCUT2D eigenvalue weighted by Gasteiger charge is 2.19. The molecule has 0 aliphatic carbocycles. The third kappa shape index (κ3) is 3.83. The number of halogens is 1. The van der Waals surface area contributed by atoms with Crippen molar-refractivity contribution in [2.45, 2.75) is 19.5 Å². The number of rotatable bonds is 6. The molecule has 1 aromatic rings. The molecule has 16 heavy (non-hydrogen) atoms. The van der Waals surface area contributed by atoms with Gasteiger partial charge in [-0.15, -0.1) is 11.6 Å². The molecule has 4 heteroatoms. The smallest absolute Gasteiger partial charge is 0.320 e. The minimum Gasteiger partial charge on any atom is -0.480 e. The van der Waals surface area contributed by atoms with Gasteiger partial charge in [0.1, 0.15) is 6.04 Å². The lowest BCUT2D eigenvalue weighted by Crippen LogP contribution is -2.39. The second-order valence-corrected chi connectivity index (χ2v) is 4.04. The Kier molecular flexibility index (Phi) is 5.29.